The molecule has 0 heterocycles. The maximum absolute atomic E-state index is 5.78. The van der Waals surface area contributed by atoms with Crippen molar-refractivity contribution in [1.29, 1.82) is 0 Å². The van der Waals surface area contributed by atoms with E-state index >= 15 is 0 Å². The summed E-state index contributed by atoms with van der Waals surface area (Å²) in [7, 11) is 0. The first-order chi connectivity index (χ1) is 10.9. The maximum Gasteiger partial charge on any atom is 0.119 e. The number of ether oxygens (including phenoxy) is 1. The second kappa shape index (κ2) is 9.83. The fourth-order valence-electron chi connectivity index (χ4n) is 2.33. The van der Waals surface area contributed by atoms with Gasteiger partial charge in [0.1, 0.15) is 5.75 Å². The molecule has 2 aromatic carbocycles. The van der Waals surface area contributed by atoms with Crippen molar-refractivity contribution >= 4 is 12.2 Å². The molecule has 0 radical (unpaired) electrons. The van der Waals surface area contributed by atoms with Gasteiger partial charge >= 0.3 is 0 Å². The average molecular weight is 294 g/mol. The van der Waals surface area contributed by atoms with Gasteiger partial charge in [0.15, 0.2) is 0 Å². The minimum atomic E-state index is 0.822. The molecular weight excluding hydrogens is 268 g/mol. The zero-order valence-electron chi connectivity index (χ0n) is 13.5. The minimum absolute atomic E-state index is 0.822. The molecule has 0 N–H and O–H groups in total. The van der Waals surface area contributed by atoms with Crippen LogP contribution in [0.5, 0.6) is 5.75 Å². The summed E-state index contributed by atoms with van der Waals surface area (Å²) in [6.07, 6.45) is 10.6. The summed E-state index contributed by atoms with van der Waals surface area (Å²) in [6.45, 7) is 3.06. The Hall–Kier alpha value is -2.02. The zero-order valence-corrected chi connectivity index (χ0v) is 13.5. The molecule has 0 unspecified atom stereocenters. The highest BCUT2D eigenvalue weighted by atomic mass is 16.5. The Morgan fingerprint density at radius 1 is 0.727 bits per heavy atom. The molecule has 0 aliphatic heterocycles. The zero-order chi connectivity index (χ0) is 15.5. The third-order valence-electron chi connectivity index (χ3n) is 3.66. The van der Waals surface area contributed by atoms with Crippen LogP contribution in [0.3, 0.4) is 0 Å². The van der Waals surface area contributed by atoms with Crippen LogP contribution in [0.4, 0.5) is 0 Å². The summed E-state index contributed by atoms with van der Waals surface area (Å²) in [5.41, 5.74) is 2.41. The summed E-state index contributed by atoms with van der Waals surface area (Å²) in [5.74, 6) is 0.965. The molecule has 0 bridgehead atoms. The Morgan fingerprint density at radius 2 is 1.36 bits per heavy atom. The van der Waals surface area contributed by atoms with E-state index in [2.05, 4.69) is 67.6 Å². The first-order valence-electron chi connectivity index (χ1n) is 8.34. The molecule has 0 saturated carbocycles. The van der Waals surface area contributed by atoms with Crippen LogP contribution in [-0.2, 0) is 0 Å². The van der Waals surface area contributed by atoms with Crippen molar-refractivity contribution in [2.45, 2.75) is 39.0 Å². The fourth-order valence-corrected chi connectivity index (χ4v) is 2.33. The topological polar surface area (TPSA) is 9.23 Å². The van der Waals surface area contributed by atoms with Gasteiger partial charge in [-0.05, 0) is 29.7 Å². The van der Waals surface area contributed by atoms with Gasteiger partial charge in [-0.25, -0.2) is 0 Å². The van der Waals surface area contributed by atoms with E-state index in [0.29, 0.717) is 0 Å². The van der Waals surface area contributed by atoms with Crippen LogP contribution in [-0.4, -0.2) is 6.61 Å². The van der Waals surface area contributed by atoms with Crippen molar-refractivity contribution in [2.24, 2.45) is 0 Å². The monoisotopic (exact) mass is 294 g/mol. The molecule has 2 rings (SSSR count). The molecule has 0 fully saturated rings. The Morgan fingerprint density at radius 3 is 2.05 bits per heavy atom. The normalized spacial score (nSPS) is 11.0. The molecule has 22 heavy (non-hydrogen) atoms. The van der Waals surface area contributed by atoms with Crippen LogP contribution in [0.15, 0.2) is 54.6 Å². The smallest absolute Gasteiger partial charge is 0.119 e. The van der Waals surface area contributed by atoms with E-state index < -0.39 is 0 Å². The highest BCUT2D eigenvalue weighted by molar-refractivity contribution is 5.69. The number of unbranched alkanes of at least 4 members (excludes halogenated alkanes) is 4. The van der Waals surface area contributed by atoms with E-state index in [9.17, 15) is 0 Å². The lowest BCUT2D eigenvalue weighted by molar-refractivity contribution is 0.304. The van der Waals surface area contributed by atoms with Crippen molar-refractivity contribution in [1.82, 2.24) is 0 Å². The van der Waals surface area contributed by atoms with Gasteiger partial charge in [-0.3, -0.25) is 0 Å². The largest absolute Gasteiger partial charge is 0.494 e. The summed E-state index contributed by atoms with van der Waals surface area (Å²) in [6, 6.07) is 18.7. The summed E-state index contributed by atoms with van der Waals surface area (Å²) in [4.78, 5) is 0. The molecule has 116 valence electrons. The minimum Gasteiger partial charge on any atom is -0.494 e. The first kappa shape index (κ1) is 16.4. The van der Waals surface area contributed by atoms with E-state index in [1.165, 1.54) is 36.8 Å². The number of benzene rings is 2. The van der Waals surface area contributed by atoms with E-state index in [0.717, 1.165) is 18.8 Å². The second-order valence-electron chi connectivity index (χ2n) is 5.58. The molecule has 0 saturated heterocycles. The Labute approximate surface area is 134 Å². The van der Waals surface area contributed by atoms with Gasteiger partial charge in [0.2, 0.25) is 0 Å². The predicted molar refractivity (Wildman–Crippen MR) is 96.1 cm³/mol. The van der Waals surface area contributed by atoms with Gasteiger partial charge in [-0.15, -0.1) is 0 Å². The van der Waals surface area contributed by atoms with Gasteiger partial charge in [0, 0.05) is 0 Å². The van der Waals surface area contributed by atoms with Gasteiger partial charge in [0.05, 0.1) is 6.61 Å². The van der Waals surface area contributed by atoms with E-state index in [-0.39, 0.29) is 0 Å². The van der Waals surface area contributed by atoms with Crippen molar-refractivity contribution in [3.63, 3.8) is 0 Å². The summed E-state index contributed by atoms with van der Waals surface area (Å²) < 4.78 is 5.78. The van der Waals surface area contributed by atoms with Gasteiger partial charge < -0.3 is 4.74 Å². The number of hydrogen-bond acceptors (Lipinski definition) is 1. The fraction of sp³-hybridized carbons (Fsp3) is 0.333. The lowest BCUT2D eigenvalue weighted by Crippen LogP contribution is -1.97. The first-order valence-corrected chi connectivity index (χ1v) is 8.34. The van der Waals surface area contributed by atoms with Crippen LogP contribution >= 0.6 is 0 Å². The maximum atomic E-state index is 5.78. The number of rotatable bonds is 9. The van der Waals surface area contributed by atoms with E-state index in [4.69, 9.17) is 4.74 Å². The highest BCUT2D eigenvalue weighted by Crippen LogP contribution is 2.15. The molecule has 0 spiro atoms. The van der Waals surface area contributed by atoms with E-state index in [1.807, 2.05) is 6.07 Å². The Balaban J connectivity index is 1.74. The number of hydrogen-bond donors (Lipinski definition) is 0. The molecule has 2 aromatic rings. The molecule has 0 atom stereocenters. The molecule has 0 aromatic heterocycles. The molecule has 1 heteroatoms. The highest BCUT2D eigenvalue weighted by Gasteiger charge is 1.94. The van der Waals surface area contributed by atoms with Crippen molar-refractivity contribution in [3.05, 3.63) is 65.7 Å². The summed E-state index contributed by atoms with van der Waals surface area (Å²) >= 11 is 0. The molecule has 0 aliphatic carbocycles. The van der Waals surface area contributed by atoms with Crippen molar-refractivity contribution in [2.75, 3.05) is 6.61 Å². The van der Waals surface area contributed by atoms with Crippen LogP contribution in [0.1, 0.15) is 50.2 Å². The third kappa shape index (κ3) is 6.17. The Bertz CT molecular complexity index is 540. The van der Waals surface area contributed by atoms with Crippen molar-refractivity contribution < 1.29 is 4.74 Å². The van der Waals surface area contributed by atoms with Gasteiger partial charge in [0.25, 0.3) is 0 Å². The standard InChI is InChI=1S/C21H26O/c1-2-3-4-5-9-18-22-21-16-14-20(15-17-21)13-12-19-10-7-6-8-11-19/h6-8,10-17H,2-5,9,18H2,1H3/b13-12+. The van der Waals surface area contributed by atoms with Crippen molar-refractivity contribution in [3.8, 4) is 5.75 Å². The molecular formula is C21H26O. The van der Waals surface area contributed by atoms with Gasteiger partial charge in [-0.1, -0.05) is 87.2 Å². The molecule has 0 amide bonds. The van der Waals surface area contributed by atoms with Crippen LogP contribution < -0.4 is 4.74 Å². The molecule has 0 aliphatic rings. The lowest BCUT2D eigenvalue weighted by Gasteiger charge is -2.06. The summed E-state index contributed by atoms with van der Waals surface area (Å²) in [5, 5.41) is 0. The van der Waals surface area contributed by atoms with Gasteiger partial charge in [-0.2, -0.15) is 0 Å². The predicted octanol–water partition coefficient (Wildman–Crippen LogP) is 6.21. The SMILES string of the molecule is CCCCCCCOc1ccc(/C=C/c2ccccc2)cc1. The van der Waals surface area contributed by atoms with Crippen LogP contribution in [0.2, 0.25) is 0 Å². The van der Waals surface area contributed by atoms with Crippen LogP contribution in [0.25, 0.3) is 12.2 Å². The lowest BCUT2D eigenvalue weighted by atomic mass is 10.1. The Kier molecular flexibility index (Phi) is 7.31. The molecule has 1 nitrogen and oxygen atoms in total. The van der Waals surface area contributed by atoms with Crippen LogP contribution in [0, 0.1) is 0 Å². The average Bonchev–Trinajstić information content (AvgIpc) is 2.58. The quantitative estimate of drug-likeness (QED) is 0.395. The third-order valence-corrected chi connectivity index (χ3v) is 3.66. The second-order valence-corrected chi connectivity index (χ2v) is 5.58. The van der Waals surface area contributed by atoms with E-state index in [1.54, 1.807) is 0 Å².